The lowest BCUT2D eigenvalue weighted by Crippen LogP contribution is -2.42. The molecule has 51 heavy (non-hydrogen) atoms. The minimum Gasteiger partial charge on any atom is -0.371 e. The van der Waals surface area contributed by atoms with E-state index in [0.717, 1.165) is 62.1 Å². The van der Waals surface area contributed by atoms with Crippen molar-refractivity contribution in [3.8, 4) is 0 Å². The van der Waals surface area contributed by atoms with Crippen molar-refractivity contribution in [3.63, 3.8) is 0 Å². The molecule has 0 amide bonds. The van der Waals surface area contributed by atoms with Crippen LogP contribution in [0.4, 0.5) is 0 Å². The molecule has 1 aliphatic carbocycles. The van der Waals surface area contributed by atoms with Gasteiger partial charge in [0.1, 0.15) is 18.8 Å². The van der Waals surface area contributed by atoms with Crippen molar-refractivity contribution >= 4 is 0 Å². The number of hydrogen-bond donors (Lipinski definition) is 1. The number of rotatable bonds is 38. The average molecular weight is 723 g/mol. The maximum atomic E-state index is 10.1. The van der Waals surface area contributed by atoms with Gasteiger partial charge in [0, 0.05) is 0 Å². The largest absolute Gasteiger partial charge is 0.371 e. The molecule has 0 bridgehead atoms. The average Bonchev–Trinajstić information content (AvgIpc) is 4.05. The van der Waals surface area contributed by atoms with E-state index in [0.29, 0.717) is 13.2 Å². The lowest BCUT2D eigenvalue weighted by atomic mass is 9.55. The number of unbranched alkanes of at least 4 members (excludes halogenated alkanes) is 14. The number of ether oxygens (including phenoxy) is 3. The lowest BCUT2D eigenvalue weighted by molar-refractivity contribution is -0.323. The maximum Gasteiger partial charge on any atom is 0.154 e. The number of aliphatic hydroxyl groups is 1. The van der Waals surface area contributed by atoms with Crippen molar-refractivity contribution in [1.29, 1.82) is 0 Å². The first kappa shape index (κ1) is 45.2. The first-order valence-corrected chi connectivity index (χ1v) is 22.8. The molecule has 1 saturated carbocycles. The van der Waals surface area contributed by atoms with Crippen LogP contribution in [0.25, 0.3) is 0 Å². The molecule has 302 valence electrons. The van der Waals surface area contributed by atoms with E-state index >= 15 is 0 Å². The van der Waals surface area contributed by atoms with Crippen molar-refractivity contribution in [2.75, 3.05) is 26.4 Å². The molecule has 0 aromatic heterocycles. The third-order valence-electron chi connectivity index (χ3n) is 12.5. The van der Waals surface area contributed by atoms with Crippen molar-refractivity contribution in [2.24, 2.45) is 29.6 Å². The summed E-state index contributed by atoms with van der Waals surface area (Å²) >= 11 is 0. The van der Waals surface area contributed by atoms with Gasteiger partial charge < -0.3 is 19.3 Å². The molecular weight excluding hydrogens is 636 g/mol. The van der Waals surface area contributed by atoms with Crippen molar-refractivity contribution in [3.05, 3.63) is 0 Å². The van der Waals surface area contributed by atoms with Gasteiger partial charge in [-0.1, -0.05) is 175 Å². The Labute approximate surface area is 316 Å². The molecule has 2 aliphatic heterocycles. The lowest BCUT2D eigenvalue weighted by Gasteiger charge is -2.50. The Hall–Kier alpha value is -0.240. The third kappa shape index (κ3) is 22.7. The van der Waals surface area contributed by atoms with Crippen LogP contribution in [-0.4, -0.2) is 56.1 Å². The Morgan fingerprint density at radius 2 is 1.06 bits per heavy atom. The van der Waals surface area contributed by atoms with Crippen LogP contribution >= 0.6 is 0 Å². The van der Waals surface area contributed by atoms with E-state index in [4.69, 9.17) is 24.0 Å². The Morgan fingerprint density at radius 1 is 0.569 bits per heavy atom. The van der Waals surface area contributed by atoms with Crippen LogP contribution < -0.4 is 0 Å². The van der Waals surface area contributed by atoms with Crippen molar-refractivity contribution in [2.45, 2.75) is 232 Å². The first-order valence-electron chi connectivity index (χ1n) is 22.8. The summed E-state index contributed by atoms with van der Waals surface area (Å²) in [6.45, 7) is 12.0. The van der Waals surface area contributed by atoms with Gasteiger partial charge in [-0.05, 0) is 62.2 Å². The highest BCUT2D eigenvalue weighted by Crippen LogP contribution is 2.52. The fourth-order valence-corrected chi connectivity index (χ4v) is 8.97. The van der Waals surface area contributed by atoms with E-state index in [9.17, 15) is 5.11 Å². The molecule has 0 spiro atoms. The van der Waals surface area contributed by atoms with Gasteiger partial charge in [0.25, 0.3) is 0 Å². The van der Waals surface area contributed by atoms with Gasteiger partial charge in [-0.25, -0.2) is 9.78 Å². The SMILES string of the molecule is CCCCCCCCC1CC(CCCCCCC(C)OOCC2CO2)C1C(CCCCCCCC(O)OCC1CO1)CCCC(C)CCCCC. The Bertz CT molecular complexity index is 787. The summed E-state index contributed by atoms with van der Waals surface area (Å²) in [5.74, 6) is 4.73. The van der Waals surface area contributed by atoms with Gasteiger partial charge in [0.15, 0.2) is 6.29 Å². The topological polar surface area (TPSA) is 73.0 Å². The molecule has 6 nitrogen and oxygen atoms in total. The number of aliphatic hydroxyl groups excluding tert-OH is 1. The predicted molar refractivity (Wildman–Crippen MR) is 212 cm³/mol. The zero-order valence-corrected chi connectivity index (χ0v) is 34.3. The van der Waals surface area contributed by atoms with Gasteiger partial charge in [0.2, 0.25) is 0 Å². The highest BCUT2D eigenvalue weighted by atomic mass is 17.2. The van der Waals surface area contributed by atoms with Crippen LogP contribution in [0.3, 0.4) is 0 Å². The van der Waals surface area contributed by atoms with E-state index in [1.165, 1.54) is 161 Å². The van der Waals surface area contributed by atoms with E-state index in [1.54, 1.807) is 0 Å². The summed E-state index contributed by atoms with van der Waals surface area (Å²) in [4.78, 5) is 10.9. The quantitative estimate of drug-likeness (QED) is 0.0225. The molecule has 3 aliphatic rings. The molecule has 0 aromatic carbocycles. The van der Waals surface area contributed by atoms with Crippen LogP contribution in [-0.2, 0) is 24.0 Å². The molecule has 3 rings (SSSR count). The van der Waals surface area contributed by atoms with E-state index in [2.05, 4.69) is 27.7 Å². The van der Waals surface area contributed by atoms with Crippen molar-refractivity contribution in [1.82, 2.24) is 0 Å². The molecule has 6 heteroatoms. The second-order valence-electron chi connectivity index (χ2n) is 17.4. The Kier molecular flexibility index (Phi) is 25.8. The van der Waals surface area contributed by atoms with Gasteiger partial charge in [0.05, 0.1) is 25.9 Å². The zero-order chi connectivity index (χ0) is 36.4. The molecule has 0 radical (unpaired) electrons. The van der Waals surface area contributed by atoms with Crippen LogP contribution in [0.2, 0.25) is 0 Å². The predicted octanol–water partition coefficient (Wildman–Crippen LogP) is 12.5. The molecule has 2 heterocycles. The number of epoxide rings is 2. The van der Waals surface area contributed by atoms with E-state index in [1.807, 2.05) is 0 Å². The summed E-state index contributed by atoms with van der Waals surface area (Å²) in [7, 11) is 0. The monoisotopic (exact) mass is 723 g/mol. The second kappa shape index (κ2) is 29.1. The maximum absolute atomic E-state index is 10.1. The summed E-state index contributed by atoms with van der Waals surface area (Å²) in [5.41, 5.74) is 0. The smallest absolute Gasteiger partial charge is 0.154 e. The Morgan fingerprint density at radius 3 is 1.71 bits per heavy atom. The minimum absolute atomic E-state index is 0.172. The molecule has 3 fully saturated rings. The molecule has 0 aromatic rings. The fourth-order valence-electron chi connectivity index (χ4n) is 8.97. The molecule has 9 atom stereocenters. The fraction of sp³-hybridized carbons (Fsp3) is 1.00. The molecule has 1 N–H and O–H groups in total. The van der Waals surface area contributed by atoms with Crippen LogP contribution in [0.15, 0.2) is 0 Å². The van der Waals surface area contributed by atoms with Gasteiger partial charge >= 0.3 is 0 Å². The van der Waals surface area contributed by atoms with Crippen LogP contribution in [0.1, 0.15) is 207 Å². The van der Waals surface area contributed by atoms with Crippen LogP contribution in [0.5, 0.6) is 0 Å². The standard InChI is InChI=1S/C45H86O6/c1-5-7-9-10-12-20-28-40-32-41(29-21-16-15-18-26-38(4)51-50-36-43-34-48-43)45(40)39(30-23-25-37(3)24-17-8-6-2)27-19-13-11-14-22-31-44(46)49-35-42-33-47-42/h37-46H,5-36H2,1-4H3. The summed E-state index contributed by atoms with van der Waals surface area (Å²) in [6, 6.07) is 0. The normalized spacial score (nSPS) is 25.0. The van der Waals surface area contributed by atoms with Crippen molar-refractivity contribution < 1.29 is 29.1 Å². The molecule has 2 saturated heterocycles. The van der Waals surface area contributed by atoms with Gasteiger partial charge in [-0.15, -0.1) is 0 Å². The third-order valence-corrected chi connectivity index (χ3v) is 12.5. The highest BCUT2D eigenvalue weighted by molar-refractivity contribution is 4.93. The molecular formula is C45H86O6. The van der Waals surface area contributed by atoms with Gasteiger partial charge in [-0.2, -0.15) is 0 Å². The minimum atomic E-state index is -0.619. The summed E-state index contributed by atoms with van der Waals surface area (Å²) in [6.07, 6.45) is 37.8. The first-order chi connectivity index (χ1) is 25.0. The summed E-state index contributed by atoms with van der Waals surface area (Å²) < 4.78 is 15.9. The summed E-state index contributed by atoms with van der Waals surface area (Å²) in [5, 5.41) is 10.1. The van der Waals surface area contributed by atoms with E-state index < -0.39 is 6.29 Å². The van der Waals surface area contributed by atoms with E-state index in [-0.39, 0.29) is 18.3 Å². The van der Waals surface area contributed by atoms with Gasteiger partial charge in [-0.3, -0.25) is 0 Å². The Balaban J connectivity index is 1.43. The molecule has 9 unspecified atom stereocenters. The second-order valence-corrected chi connectivity index (χ2v) is 17.4. The van der Waals surface area contributed by atoms with Crippen LogP contribution in [0, 0.1) is 29.6 Å². The highest BCUT2D eigenvalue weighted by Gasteiger charge is 2.43. The zero-order valence-electron chi connectivity index (χ0n) is 34.3. The number of hydrogen-bond acceptors (Lipinski definition) is 6.